The monoisotopic (exact) mass is 473 g/mol. The molecule has 7 heteroatoms. The molecule has 34 heavy (non-hydrogen) atoms. The van der Waals surface area contributed by atoms with E-state index >= 15 is 0 Å². The number of benzene rings is 3. The van der Waals surface area contributed by atoms with Crippen molar-refractivity contribution >= 4 is 40.5 Å². The van der Waals surface area contributed by atoms with Gasteiger partial charge in [0, 0.05) is 11.6 Å². The highest BCUT2D eigenvalue weighted by Crippen LogP contribution is 2.43. The molecule has 5 rings (SSSR count). The van der Waals surface area contributed by atoms with E-state index in [1.807, 2.05) is 77.4 Å². The average Bonchev–Trinajstić information content (AvgIpc) is 3.23. The number of hydrogen-bond acceptors (Lipinski definition) is 4. The maximum atomic E-state index is 13.9. The number of carbonyl (C=O) groups excluding carboxylic acids is 2. The molecular weight excluding hydrogens is 450 g/mol. The number of amides is 1. The molecule has 0 bridgehead atoms. The molecule has 2 heterocycles. The summed E-state index contributed by atoms with van der Waals surface area (Å²) < 4.78 is 7.36. The first-order valence-corrected chi connectivity index (χ1v) is 11.7. The number of anilines is 1. The molecule has 0 saturated carbocycles. The summed E-state index contributed by atoms with van der Waals surface area (Å²) in [6.07, 6.45) is 0.627. The Kier molecular flexibility index (Phi) is 6.07. The third kappa shape index (κ3) is 3.84. The number of aromatic nitrogens is 2. The van der Waals surface area contributed by atoms with Crippen molar-refractivity contribution in [2.24, 2.45) is 5.92 Å². The molecule has 0 aliphatic carbocycles. The van der Waals surface area contributed by atoms with Crippen molar-refractivity contribution in [3.05, 3.63) is 95.0 Å². The summed E-state index contributed by atoms with van der Waals surface area (Å²) in [7, 11) is 0. The number of hydrogen-bond donors (Lipinski definition) is 0. The first-order chi connectivity index (χ1) is 16.6. The molecular formula is C27H24ClN3O3. The molecule has 0 radical (unpaired) electrons. The standard InChI is InChI=1S/C27H24ClN3O3/c1-2-34-26(33)23-24(19-12-6-7-13-20(19)28)31-22-15-9-8-14-21(22)29-27(31)30(25(23)32)17-16-18-10-4-3-5-11-18/h3-15,23-24H,2,16-17H2,1H3. The minimum atomic E-state index is -1.08. The number of imidazole rings is 1. The second kappa shape index (κ2) is 9.31. The predicted octanol–water partition coefficient (Wildman–Crippen LogP) is 5.05. The number of carbonyl (C=O) groups is 2. The van der Waals surface area contributed by atoms with Gasteiger partial charge in [0.1, 0.15) is 0 Å². The maximum Gasteiger partial charge on any atom is 0.321 e. The van der Waals surface area contributed by atoms with Crippen LogP contribution in [0.2, 0.25) is 5.02 Å². The number of para-hydroxylation sites is 2. The minimum Gasteiger partial charge on any atom is -0.465 e. The first kappa shape index (κ1) is 22.2. The molecule has 0 fully saturated rings. The van der Waals surface area contributed by atoms with Crippen LogP contribution < -0.4 is 4.90 Å². The molecule has 1 amide bonds. The van der Waals surface area contributed by atoms with Crippen LogP contribution in [0.5, 0.6) is 0 Å². The number of fused-ring (bicyclic) bond motifs is 3. The molecule has 6 nitrogen and oxygen atoms in total. The van der Waals surface area contributed by atoms with Crippen LogP contribution in [0.3, 0.4) is 0 Å². The second-order valence-corrected chi connectivity index (χ2v) is 8.60. The van der Waals surface area contributed by atoms with Crippen LogP contribution in [0.4, 0.5) is 5.95 Å². The van der Waals surface area contributed by atoms with Crippen molar-refractivity contribution in [1.82, 2.24) is 9.55 Å². The summed E-state index contributed by atoms with van der Waals surface area (Å²) in [6, 6.07) is 24.3. The van der Waals surface area contributed by atoms with Gasteiger partial charge in [-0.2, -0.15) is 0 Å². The lowest BCUT2D eigenvalue weighted by Gasteiger charge is -2.38. The van der Waals surface area contributed by atoms with Gasteiger partial charge in [-0.3, -0.25) is 14.5 Å². The van der Waals surface area contributed by atoms with Crippen molar-refractivity contribution < 1.29 is 14.3 Å². The largest absolute Gasteiger partial charge is 0.465 e. The number of nitrogens with zero attached hydrogens (tertiary/aromatic N) is 3. The SMILES string of the molecule is CCOC(=O)C1C(=O)N(CCc2ccccc2)c2nc3ccccc3n2C1c1ccccc1Cl. The smallest absolute Gasteiger partial charge is 0.321 e. The first-order valence-electron chi connectivity index (χ1n) is 11.3. The van der Waals surface area contributed by atoms with Gasteiger partial charge in [-0.05, 0) is 42.7 Å². The fourth-order valence-corrected chi connectivity index (χ4v) is 4.89. The van der Waals surface area contributed by atoms with Gasteiger partial charge in [-0.25, -0.2) is 4.98 Å². The number of halogens is 1. The van der Waals surface area contributed by atoms with Crippen LogP contribution in [0.1, 0.15) is 24.1 Å². The molecule has 0 spiro atoms. The number of ether oxygens (including phenoxy) is 1. The van der Waals surface area contributed by atoms with Crippen molar-refractivity contribution in [2.75, 3.05) is 18.1 Å². The van der Waals surface area contributed by atoms with E-state index in [1.54, 1.807) is 17.9 Å². The second-order valence-electron chi connectivity index (χ2n) is 8.19. The molecule has 4 aromatic rings. The average molecular weight is 474 g/mol. The Bertz CT molecular complexity index is 1350. The highest BCUT2D eigenvalue weighted by atomic mass is 35.5. The van der Waals surface area contributed by atoms with E-state index in [-0.39, 0.29) is 12.5 Å². The van der Waals surface area contributed by atoms with Gasteiger partial charge in [0.05, 0.1) is 23.7 Å². The van der Waals surface area contributed by atoms with Crippen molar-refractivity contribution in [3.63, 3.8) is 0 Å². The summed E-state index contributed by atoms with van der Waals surface area (Å²) in [6.45, 7) is 2.30. The van der Waals surface area contributed by atoms with Crippen LogP contribution in [-0.4, -0.2) is 34.6 Å². The van der Waals surface area contributed by atoms with Crippen LogP contribution in [0, 0.1) is 5.92 Å². The van der Waals surface area contributed by atoms with Crippen LogP contribution in [-0.2, 0) is 20.7 Å². The molecule has 0 N–H and O–H groups in total. The molecule has 1 aliphatic heterocycles. The van der Waals surface area contributed by atoms with E-state index in [9.17, 15) is 9.59 Å². The summed E-state index contributed by atoms with van der Waals surface area (Å²) >= 11 is 6.60. The van der Waals surface area contributed by atoms with Crippen molar-refractivity contribution in [1.29, 1.82) is 0 Å². The third-order valence-electron chi connectivity index (χ3n) is 6.18. The Hall–Kier alpha value is -3.64. The van der Waals surface area contributed by atoms with E-state index in [0.717, 1.165) is 16.6 Å². The van der Waals surface area contributed by atoms with Crippen LogP contribution >= 0.6 is 11.6 Å². The molecule has 2 atom stereocenters. The molecule has 3 aromatic carbocycles. The van der Waals surface area contributed by atoms with E-state index in [0.29, 0.717) is 29.5 Å². The van der Waals surface area contributed by atoms with Crippen molar-refractivity contribution in [3.8, 4) is 0 Å². The molecule has 0 saturated heterocycles. The Morgan fingerprint density at radius 3 is 2.47 bits per heavy atom. The van der Waals surface area contributed by atoms with E-state index in [1.165, 1.54) is 0 Å². The zero-order valence-corrected chi connectivity index (χ0v) is 19.5. The van der Waals surface area contributed by atoms with Gasteiger partial charge in [0.15, 0.2) is 5.92 Å². The van der Waals surface area contributed by atoms with Crippen molar-refractivity contribution in [2.45, 2.75) is 19.4 Å². The molecule has 172 valence electrons. The van der Waals surface area contributed by atoms with Crippen LogP contribution in [0.25, 0.3) is 11.0 Å². The summed E-state index contributed by atoms with van der Waals surface area (Å²) in [5.74, 6) is -1.47. The quantitative estimate of drug-likeness (QED) is 0.290. The van der Waals surface area contributed by atoms with Gasteiger partial charge in [0.25, 0.3) is 0 Å². The Labute approximate surface area is 202 Å². The van der Waals surface area contributed by atoms with Gasteiger partial charge >= 0.3 is 5.97 Å². The lowest BCUT2D eigenvalue weighted by molar-refractivity contribution is -0.153. The van der Waals surface area contributed by atoms with E-state index in [4.69, 9.17) is 21.3 Å². The number of rotatable bonds is 6. The zero-order chi connectivity index (χ0) is 23.7. The maximum absolute atomic E-state index is 13.9. The van der Waals surface area contributed by atoms with Crippen LogP contribution in [0.15, 0.2) is 78.9 Å². The fraction of sp³-hybridized carbons (Fsp3) is 0.222. The van der Waals surface area contributed by atoms with E-state index in [2.05, 4.69) is 0 Å². The summed E-state index contributed by atoms with van der Waals surface area (Å²) in [4.78, 5) is 33.6. The normalized spacial score (nSPS) is 17.6. The number of esters is 1. The van der Waals surface area contributed by atoms with Gasteiger partial charge in [-0.1, -0.05) is 72.3 Å². The fourth-order valence-electron chi connectivity index (χ4n) is 4.64. The minimum absolute atomic E-state index is 0.180. The lowest BCUT2D eigenvalue weighted by Crippen LogP contribution is -2.50. The topological polar surface area (TPSA) is 64.4 Å². The molecule has 1 aromatic heterocycles. The Morgan fingerprint density at radius 2 is 1.71 bits per heavy atom. The highest BCUT2D eigenvalue weighted by molar-refractivity contribution is 6.31. The zero-order valence-electron chi connectivity index (χ0n) is 18.7. The predicted molar refractivity (Wildman–Crippen MR) is 132 cm³/mol. The molecule has 1 aliphatic rings. The van der Waals surface area contributed by atoms with Gasteiger partial charge < -0.3 is 9.30 Å². The third-order valence-corrected chi connectivity index (χ3v) is 6.52. The highest BCUT2D eigenvalue weighted by Gasteiger charge is 2.48. The van der Waals surface area contributed by atoms with Gasteiger partial charge in [-0.15, -0.1) is 0 Å². The van der Waals surface area contributed by atoms with E-state index < -0.39 is 17.9 Å². The summed E-state index contributed by atoms with van der Waals surface area (Å²) in [5.41, 5.74) is 3.35. The summed E-state index contributed by atoms with van der Waals surface area (Å²) in [5, 5.41) is 0.482. The molecule has 2 unspecified atom stereocenters. The van der Waals surface area contributed by atoms with Gasteiger partial charge in [0.2, 0.25) is 11.9 Å². The Balaban J connectivity index is 1.70. The lowest BCUT2D eigenvalue weighted by atomic mass is 9.89. The Morgan fingerprint density at radius 1 is 1.00 bits per heavy atom.